The topological polar surface area (TPSA) is 58.6 Å². The standard InChI is InChI=1S/C23H29ClN2O3/c1-3-8-21(27)26(17-18-11-13-20(24)14-12-18)22(19-9-5-4-6-10-19)23(28)25-15-7-16-29-2/h4-6,9-14,22H,3,7-8,15-17H2,1-2H3,(H,25,28). The van der Waals surface area contributed by atoms with E-state index in [9.17, 15) is 9.59 Å². The van der Waals surface area contributed by atoms with Crippen LogP contribution < -0.4 is 5.32 Å². The van der Waals surface area contributed by atoms with E-state index in [0.29, 0.717) is 44.0 Å². The minimum atomic E-state index is -0.700. The molecule has 0 saturated carbocycles. The first-order valence-electron chi connectivity index (χ1n) is 9.92. The first kappa shape index (κ1) is 22.9. The van der Waals surface area contributed by atoms with Crippen molar-refractivity contribution in [1.29, 1.82) is 0 Å². The predicted octanol–water partition coefficient (Wildman–Crippen LogP) is 4.36. The molecule has 2 amide bonds. The van der Waals surface area contributed by atoms with Crippen molar-refractivity contribution in [2.75, 3.05) is 20.3 Å². The minimum absolute atomic E-state index is 0.0525. The van der Waals surface area contributed by atoms with Crippen LogP contribution in [0.25, 0.3) is 0 Å². The van der Waals surface area contributed by atoms with E-state index in [1.165, 1.54) is 0 Å². The van der Waals surface area contributed by atoms with Gasteiger partial charge in [0.1, 0.15) is 6.04 Å². The van der Waals surface area contributed by atoms with Gasteiger partial charge in [0.25, 0.3) is 0 Å². The first-order valence-corrected chi connectivity index (χ1v) is 10.3. The Balaban J connectivity index is 2.32. The van der Waals surface area contributed by atoms with Crippen molar-refractivity contribution in [3.8, 4) is 0 Å². The summed E-state index contributed by atoms with van der Waals surface area (Å²) < 4.78 is 5.05. The Kier molecular flexibility index (Phi) is 9.68. The molecule has 0 saturated heterocycles. The molecule has 1 atom stereocenters. The fourth-order valence-electron chi connectivity index (χ4n) is 3.10. The number of amides is 2. The van der Waals surface area contributed by atoms with Crippen LogP contribution in [0.3, 0.4) is 0 Å². The molecule has 2 aromatic carbocycles. The van der Waals surface area contributed by atoms with Gasteiger partial charge in [-0.25, -0.2) is 0 Å². The molecule has 0 aliphatic rings. The van der Waals surface area contributed by atoms with Crippen molar-refractivity contribution in [3.05, 3.63) is 70.7 Å². The predicted molar refractivity (Wildman–Crippen MR) is 116 cm³/mol. The van der Waals surface area contributed by atoms with Crippen LogP contribution in [0.15, 0.2) is 54.6 Å². The number of nitrogens with one attached hydrogen (secondary N) is 1. The molecule has 0 aliphatic heterocycles. The minimum Gasteiger partial charge on any atom is -0.385 e. The monoisotopic (exact) mass is 416 g/mol. The molecule has 29 heavy (non-hydrogen) atoms. The number of rotatable bonds is 11. The molecule has 156 valence electrons. The van der Waals surface area contributed by atoms with Crippen LogP contribution in [0, 0.1) is 0 Å². The zero-order chi connectivity index (χ0) is 21.1. The van der Waals surface area contributed by atoms with E-state index in [2.05, 4.69) is 5.32 Å². The molecule has 2 rings (SSSR count). The molecular weight excluding hydrogens is 388 g/mol. The Bertz CT molecular complexity index is 765. The van der Waals surface area contributed by atoms with Gasteiger partial charge in [0.05, 0.1) is 0 Å². The highest BCUT2D eigenvalue weighted by molar-refractivity contribution is 6.30. The van der Waals surface area contributed by atoms with Gasteiger partial charge >= 0.3 is 0 Å². The summed E-state index contributed by atoms with van der Waals surface area (Å²) in [5.74, 6) is -0.242. The van der Waals surface area contributed by atoms with Crippen LogP contribution >= 0.6 is 11.6 Å². The van der Waals surface area contributed by atoms with Crippen LogP contribution in [0.5, 0.6) is 0 Å². The second kappa shape index (κ2) is 12.2. The Labute approximate surface area is 178 Å². The second-order valence-corrected chi connectivity index (χ2v) is 7.29. The highest BCUT2D eigenvalue weighted by atomic mass is 35.5. The average molecular weight is 417 g/mol. The molecule has 0 spiro atoms. The molecule has 0 heterocycles. The summed E-state index contributed by atoms with van der Waals surface area (Å²) in [4.78, 5) is 27.8. The number of carbonyl (C=O) groups is 2. The number of ether oxygens (including phenoxy) is 1. The summed E-state index contributed by atoms with van der Waals surface area (Å²) in [6.07, 6.45) is 1.81. The van der Waals surface area contributed by atoms with E-state index in [0.717, 1.165) is 11.1 Å². The summed E-state index contributed by atoms with van der Waals surface area (Å²) in [5.41, 5.74) is 1.71. The van der Waals surface area contributed by atoms with Crippen LogP contribution in [0.2, 0.25) is 5.02 Å². The van der Waals surface area contributed by atoms with Crippen molar-refractivity contribution in [2.24, 2.45) is 0 Å². The van der Waals surface area contributed by atoms with E-state index in [1.54, 1.807) is 24.1 Å². The maximum atomic E-state index is 13.1. The van der Waals surface area contributed by atoms with E-state index >= 15 is 0 Å². The van der Waals surface area contributed by atoms with E-state index in [1.807, 2.05) is 49.4 Å². The molecule has 0 fully saturated rings. The van der Waals surface area contributed by atoms with Gasteiger partial charge in [0, 0.05) is 38.2 Å². The maximum absolute atomic E-state index is 13.1. The molecule has 1 unspecified atom stereocenters. The van der Waals surface area contributed by atoms with Gasteiger partial charge in [-0.1, -0.05) is 61.0 Å². The molecule has 0 bridgehead atoms. The Morgan fingerprint density at radius 1 is 1.10 bits per heavy atom. The van der Waals surface area contributed by atoms with E-state index in [4.69, 9.17) is 16.3 Å². The molecule has 0 aromatic heterocycles. The van der Waals surface area contributed by atoms with Gasteiger partial charge in [0.2, 0.25) is 11.8 Å². The normalized spacial score (nSPS) is 11.7. The number of hydrogen-bond acceptors (Lipinski definition) is 3. The summed E-state index contributed by atoms with van der Waals surface area (Å²) in [6, 6.07) is 16.1. The quantitative estimate of drug-likeness (QED) is 0.553. The van der Waals surface area contributed by atoms with Crippen molar-refractivity contribution in [2.45, 2.75) is 38.8 Å². The van der Waals surface area contributed by atoms with Gasteiger partial charge in [-0.2, -0.15) is 0 Å². The molecule has 2 aromatic rings. The van der Waals surface area contributed by atoms with Crippen molar-refractivity contribution < 1.29 is 14.3 Å². The third-order valence-corrected chi connectivity index (χ3v) is 4.80. The molecule has 6 heteroatoms. The number of benzene rings is 2. The fourth-order valence-corrected chi connectivity index (χ4v) is 3.23. The van der Waals surface area contributed by atoms with E-state index in [-0.39, 0.29) is 11.8 Å². The first-order chi connectivity index (χ1) is 14.1. The molecule has 0 aliphatic carbocycles. The SMILES string of the molecule is CCCC(=O)N(Cc1ccc(Cl)cc1)C(C(=O)NCCCOC)c1ccccc1. The number of methoxy groups -OCH3 is 1. The third kappa shape index (κ3) is 7.18. The fraction of sp³-hybridized carbons (Fsp3) is 0.391. The van der Waals surface area contributed by atoms with Crippen LogP contribution in [-0.4, -0.2) is 37.0 Å². The zero-order valence-corrected chi connectivity index (χ0v) is 17.8. The van der Waals surface area contributed by atoms with Gasteiger partial charge in [-0.05, 0) is 36.1 Å². The molecule has 5 nitrogen and oxygen atoms in total. The average Bonchev–Trinajstić information content (AvgIpc) is 2.73. The molecular formula is C23H29ClN2O3. The lowest BCUT2D eigenvalue weighted by Crippen LogP contribution is -2.43. The van der Waals surface area contributed by atoms with Gasteiger partial charge in [-0.3, -0.25) is 9.59 Å². The van der Waals surface area contributed by atoms with E-state index < -0.39 is 6.04 Å². The molecule has 0 radical (unpaired) electrons. The Morgan fingerprint density at radius 3 is 2.41 bits per heavy atom. The summed E-state index contributed by atoms with van der Waals surface area (Å²) in [5, 5.41) is 3.59. The number of hydrogen-bond donors (Lipinski definition) is 1. The maximum Gasteiger partial charge on any atom is 0.247 e. The summed E-state index contributed by atoms with van der Waals surface area (Å²) >= 11 is 6.00. The van der Waals surface area contributed by atoms with Crippen molar-refractivity contribution in [3.63, 3.8) is 0 Å². The van der Waals surface area contributed by atoms with Crippen LogP contribution in [0.1, 0.15) is 43.4 Å². The summed E-state index contributed by atoms with van der Waals surface area (Å²) in [6.45, 7) is 3.36. The highest BCUT2D eigenvalue weighted by Gasteiger charge is 2.30. The van der Waals surface area contributed by atoms with Gasteiger partial charge < -0.3 is 15.0 Å². The largest absolute Gasteiger partial charge is 0.385 e. The highest BCUT2D eigenvalue weighted by Crippen LogP contribution is 2.25. The van der Waals surface area contributed by atoms with Crippen molar-refractivity contribution in [1.82, 2.24) is 10.2 Å². The lowest BCUT2D eigenvalue weighted by atomic mass is 10.0. The third-order valence-electron chi connectivity index (χ3n) is 4.55. The smallest absolute Gasteiger partial charge is 0.247 e. The lowest BCUT2D eigenvalue weighted by Gasteiger charge is -2.31. The number of halogens is 1. The van der Waals surface area contributed by atoms with Crippen LogP contribution in [-0.2, 0) is 20.9 Å². The molecule has 1 N–H and O–H groups in total. The number of carbonyl (C=O) groups excluding carboxylic acids is 2. The Morgan fingerprint density at radius 2 is 1.79 bits per heavy atom. The zero-order valence-electron chi connectivity index (χ0n) is 17.1. The second-order valence-electron chi connectivity index (χ2n) is 6.85. The van der Waals surface area contributed by atoms with Crippen LogP contribution in [0.4, 0.5) is 0 Å². The van der Waals surface area contributed by atoms with Gasteiger partial charge in [-0.15, -0.1) is 0 Å². The van der Waals surface area contributed by atoms with Gasteiger partial charge in [0.15, 0.2) is 0 Å². The summed E-state index contributed by atoms with van der Waals surface area (Å²) in [7, 11) is 1.63. The lowest BCUT2D eigenvalue weighted by molar-refractivity contribution is -0.141. The van der Waals surface area contributed by atoms with Crippen molar-refractivity contribution >= 4 is 23.4 Å². The number of nitrogens with zero attached hydrogens (tertiary/aromatic N) is 1. The Hall–Kier alpha value is -2.37.